The molecule has 0 aromatic carbocycles. The van der Waals surface area contributed by atoms with Crippen LogP contribution in [0.5, 0.6) is 5.88 Å². The van der Waals surface area contributed by atoms with Gasteiger partial charge in [0.15, 0.2) is 10.5 Å². The Morgan fingerprint density at radius 2 is 2.29 bits per heavy atom. The first-order valence-electron chi connectivity index (χ1n) is 6.04. The number of pyridine rings is 1. The van der Waals surface area contributed by atoms with Gasteiger partial charge in [-0.25, -0.2) is 0 Å². The van der Waals surface area contributed by atoms with Gasteiger partial charge in [0.1, 0.15) is 0 Å². The minimum Gasteiger partial charge on any atom is -0.492 e. The molecule has 21 heavy (non-hydrogen) atoms. The maximum absolute atomic E-state index is 12.2. The lowest BCUT2D eigenvalue weighted by molar-refractivity contribution is 0.0945. The number of nitrogens with one attached hydrogen (secondary N) is 1. The average molecular weight is 302 g/mol. The van der Waals surface area contributed by atoms with E-state index in [1.807, 2.05) is 0 Å². The van der Waals surface area contributed by atoms with Gasteiger partial charge in [-0.2, -0.15) is 4.98 Å². The Morgan fingerprint density at radius 1 is 1.43 bits per heavy atom. The number of hydrogen-bond acceptors (Lipinski definition) is 6. The number of carbonyl (C=O) groups is 1. The van der Waals surface area contributed by atoms with Gasteiger partial charge in [-0.3, -0.25) is 19.0 Å². The molecule has 0 aliphatic rings. The van der Waals surface area contributed by atoms with Gasteiger partial charge < -0.3 is 10.4 Å². The fourth-order valence-corrected chi connectivity index (χ4v) is 2.53. The zero-order valence-electron chi connectivity index (χ0n) is 10.7. The maximum atomic E-state index is 12.2. The van der Waals surface area contributed by atoms with Crippen molar-refractivity contribution in [1.29, 1.82) is 0 Å². The summed E-state index contributed by atoms with van der Waals surface area (Å²) in [5.41, 5.74) is -0.325. The highest BCUT2D eigenvalue weighted by atomic mass is 32.1. The lowest BCUT2D eigenvalue weighted by Crippen LogP contribution is -2.31. The number of nitrogens with zero attached hydrogens (tertiary/aromatic N) is 3. The molecule has 0 atom stereocenters. The number of amides is 1. The van der Waals surface area contributed by atoms with Gasteiger partial charge in [0.2, 0.25) is 5.88 Å². The van der Waals surface area contributed by atoms with E-state index in [4.69, 9.17) is 0 Å². The Bertz CT molecular complexity index is 857. The number of carbonyl (C=O) groups excluding carboxylic acids is 1. The summed E-state index contributed by atoms with van der Waals surface area (Å²) in [6.07, 6.45) is 3.11. The van der Waals surface area contributed by atoms with E-state index in [1.165, 1.54) is 21.9 Å². The summed E-state index contributed by atoms with van der Waals surface area (Å²) in [6.45, 7) is 0.158. The zero-order chi connectivity index (χ0) is 14.8. The van der Waals surface area contributed by atoms with Gasteiger partial charge in [-0.15, -0.1) is 11.3 Å². The third-order valence-electron chi connectivity index (χ3n) is 2.83. The highest BCUT2D eigenvalue weighted by Gasteiger charge is 2.20. The average Bonchev–Trinajstić information content (AvgIpc) is 2.94. The summed E-state index contributed by atoms with van der Waals surface area (Å²) in [5.74, 6) is -1.25. The quantitative estimate of drug-likeness (QED) is 0.745. The molecule has 0 aliphatic carbocycles. The Kier molecular flexibility index (Phi) is 3.36. The predicted octanol–water partition coefficient (Wildman–Crippen LogP) is 0.787. The molecule has 0 spiro atoms. The number of thiazole rings is 1. The number of hydrogen-bond donors (Lipinski definition) is 2. The zero-order valence-corrected chi connectivity index (χ0v) is 11.5. The molecule has 2 N–H and O–H groups in total. The van der Waals surface area contributed by atoms with E-state index < -0.39 is 17.3 Å². The molecule has 0 bridgehead atoms. The first kappa shape index (κ1) is 13.3. The van der Waals surface area contributed by atoms with Gasteiger partial charge >= 0.3 is 0 Å². The van der Waals surface area contributed by atoms with Gasteiger partial charge in [0.25, 0.3) is 11.5 Å². The van der Waals surface area contributed by atoms with Crippen LogP contribution in [0.3, 0.4) is 0 Å². The molecule has 0 saturated heterocycles. The molecule has 0 saturated carbocycles. The Balaban J connectivity index is 1.89. The van der Waals surface area contributed by atoms with Crippen LogP contribution in [0, 0.1) is 0 Å². The molecule has 3 aromatic heterocycles. The summed E-state index contributed by atoms with van der Waals surface area (Å²) in [4.78, 5) is 32.5. The van der Waals surface area contributed by atoms with E-state index >= 15 is 0 Å². The first-order chi connectivity index (χ1) is 10.2. The minimum atomic E-state index is -0.684. The van der Waals surface area contributed by atoms with Crippen molar-refractivity contribution < 1.29 is 9.90 Å². The minimum absolute atomic E-state index is 0.158. The highest BCUT2D eigenvalue weighted by molar-refractivity contribution is 7.15. The van der Waals surface area contributed by atoms with Crippen LogP contribution in [0.1, 0.15) is 16.1 Å². The largest absolute Gasteiger partial charge is 0.492 e. The van der Waals surface area contributed by atoms with Crippen LogP contribution in [-0.4, -0.2) is 25.4 Å². The van der Waals surface area contributed by atoms with Crippen LogP contribution in [0.4, 0.5) is 0 Å². The SMILES string of the molecule is O=C(NCc1ccccn1)c1c(O)nc2sccn2c1=O. The summed E-state index contributed by atoms with van der Waals surface area (Å²) in [6, 6.07) is 5.30. The number of rotatable bonds is 3. The monoisotopic (exact) mass is 302 g/mol. The molecule has 0 unspecified atom stereocenters. The van der Waals surface area contributed by atoms with Gasteiger partial charge in [0, 0.05) is 17.8 Å². The molecular formula is C13H10N4O3S. The van der Waals surface area contributed by atoms with Gasteiger partial charge in [-0.05, 0) is 12.1 Å². The smallest absolute Gasteiger partial charge is 0.275 e. The van der Waals surface area contributed by atoms with Gasteiger partial charge in [0.05, 0.1) is 12.2 Å². The normalized spacial score (nSPS) is 10.7. The van der Waals surface area contributed by atoms with Crippen LogP contribution >= 0.6 is 11.3 Å². The van der Waals surface area contributed by atoms with Crippen LogP contribution in [0.15, 0.2) is 40.8 Å². The second-order valence-corrected chi connectivity index (χ2v) is 5.05. The van der Waals surface area contributed by atoms with Crippen LogP contribution in [0.25, 0.3) is 4.96 Å². The van der Waals surface area contributed by atoms with Crippen molar-refractivity contribution in [3.05, 3.63) is 57.6 Å². The van der Waals surface area contributed by atoms with Crippen molar-refractivity contribution in [2.45, 2.75) is 6.54 Å². The second-order valence-electron chi connectivity index (χ2n) is 4.17. The molecule has 0 fully saturated rings. The third kappa shape index (κ3) is 2.48. The van der Waals surface area contributed by atoms with E-state index in [0.29, 0.717) is 10.7 Å². The number of fused-ring (bicyclic) bond motifs is 1. The molecule has 0 aliphatic heterocycles. The summed E-state index contributed by atoms with van der Waals surface area (Å²) < 4.78 is 1.22. The molecule has 3 heterocycles. The standard InChI is InChI=1S/C13H10N4O3S/c18-10(15-7-8-3-1-2-4-14-8)9-11(19)16-13-17(12(9)20)5-6-21-13/h1-6,19H,7H2,(H,15,18). The molecule has 3 rings (SSSR count). The molecule has 7 nitrogen and oxygen atoms in total. The molecule has 3 aromatic rings. The summed E-state index contributed by atoms with van der Waals surface area (Å²) in [7, 11) is 0. The van der Waals surface area contributed by atoms with Crippen molar-refractivity contribution in [2.75, 3.05) is 0 Å². The van der Waals surface area contributed by atoms with E-state index in [2.05, 4.69) is 15.3 Å². The topological polar surface area (TPSA) is 96.6 Å². The van der Waals surface area contributed by atoms with Crippen molar-refractivity contribution in [2.24, 2.45) is 0 Å². The molecule has 0 radical (unpaired) electrons. The lowest BCUT2D eigenvalue weighted by Gasteiger charge is -2.05. The fraction of sp³-hybridized carbons (Fsp3) is 0.0769. The number of aromatic hydroxyl groups is 1. The third-order valence-corrected chi connectivity index (χ3v) is 3.59. The summed E-state index contributed by atoms with van der Waals surface area (Å²) >= 11 is 1.20. The predicted molar refractivity (Wildman–Crippen MR) is 76.4 cm³/mol. The van der Waals surface area contributed by atoms with E-state index in [9.17, 15) is 14.7 Å². The van der Waals surface area contributed by atoms with Crippen molar-refractivity contribution >= 4 is 22.2 Å². The Hall–Kier alpha value is -2.74. The van der Waals surface area contributed by atoms with E-state index in [1.54, 1.807) is 29.8 Å². The fourth-order valence-electron chi connectivity index (χ4n) is 1.83. The van der Waals surface area contributed by atoms with Gasteiger partial charge in [-0.1, -0.05) is 6.07 Å². The molecular weight excluding hydrogens is 292 g/mol. The molecule has 1 amide bonds. The molecule has 106 valence electrons. The number of aromatic nitrogens is 3. The first-order valence-corrected chi connectivity index (χ1v) is 6.91. The Labute approximate surface area is 122 Å². The Morgan fingerprint density at radius 3 is 3.05 bits per heavy atom. The van der Waals surface area contributed by atoms with Crippen molar-refractivity contribution in [1.82, 2.24) is 19.7 Å². The second kappa shape index (κ2) is 5.33. The van der Waals surface area contributed by atoms with Crippen molar-refractivity contribution in [3.8, 4) is 5.88 Å². The molecule has 8 heteroatoms. The summed E-state index contributed by atoms with van der Waals surface area (Å²) in [5, 5.41) is 14.0. The lowest BCUT2D eigenvalue weighted by atomic mass is 10.3. The van der Waals surface area contributed by atoms with E-state index in [0.717, 1.165) is 0 Å². The highest BCUT2D eigenvalue weighted by Crippen LogP contribution is 2.14. The van der Waals surface area contributed by atoms with Crippen molar-refractivity contribution in [3.63, 3.8) is 0 Å². The van der Waals surface area contributed by atoms with Crippen LogP contribution in [-0.2, 0) is 6.54 Å². The maximum Gasteiger partial charge on any atom is 0.275 e. The van der Waals surface area contributed by atoms with Crippen LogP contribution < -0.4 is 10.9 Å². The van der Waals surface area contributed by atoms with E-state index in [-0.39, 0.29) is 12.1 Å². The van der Waals surface area contributed by atoms with Crippen LogP contribution in [0.2, 0.25) is 0 Å².